The number of imidazole rings is 1. The fourth-order valence-corrected chi connectivity index (χ4v) is 3.14. The standard InChI is InChI=1S/C16H22ClN3O/c1-10(2)16(7-8-16)9-20-14(11(3)17)18-12-5-6-13(21-4)19-15(12)20/h5-6,10-11H,7-9H2,1-4H3. The SMILES string of the molecule is COc1ccc2nc(C(C)Cl)n(CC3(C(C)C)CC3)c2n1. The summed E-state index contributed by atoms with van der Waals surface area (Å²) in [7, 11) is 1.64. The van der Waals surface area contributed by atoms with Gasteiger partial charge < -0.3 is 9.30 Å². The monoisotopic (exact) mass is 307 g/mol. The summed E-state index contributed by atoms with van der Waals surface area (Å²) < 4.78 is 7.45. The molecule has 1 atom stereocenters. The first-order valence-electron chi connectivity index (χ1n) is 7.52. The largest absolute Gasteiger partial charge is 0.481 e. The number of hydrogen-bond donors (Lipinski definition) is 0. The average Bonchev–Trinajstić information content (AvgIpc) is 3.15. The van der Waals surface area contributed by atoms with E-state index >= 15 is 0 Å². The normalized spacial score (nSPS) is 18.2. The fraction of sp³-hybridized carbons (Fsp3) is 0.625. The molecule has 0 spiro atoms. The van der Waals surface area contributed by atoms with Gasteiger partial charge in [0.2, 0.25) is 5.88 Å². The third-order valence-electron chi connectivity index (χ3n) is 4.75. The average molecular weight is 308 g/mol. The van der Waals surface area contributed by atoms with Gasteiger partial charge in [-0.3, -0.25) is 0 Å². The predicted octanol–water partition coefficient (Wildman–Crippen LogP) is 4.18. The Bertz CT molecular complexity index is 659. The second-order valence-electron chi connectivity index (χ2n) is 6.39. The molecule has 1 saturated carbocycles. The second-order valence-corrected chi connectivity index (χ2v) is 7.04. The highest BCUT2D eigenvalue weighted by molar-refractivity contribution is 6.20. The van der Waals surface area contributed by atoms with Crippen molar-refractivity contribution in [2.24, 2.45) is 11.3 Å². The highest BCUT2D eigenvalue weighted by atomic mass is 35.5. The van der Waals surface area contributed by atoms with Gasteiger partial charge in [-0.1, -0.05) is 13.8 Å². The number of ether oxygens (including phenoxy) is 1. The zero-order valence-electron chi connectivity index (χ0n) is 13.1. The van der Waals surface area contributed by atoms with Crippen molar-refractivity contribution in [3.8, 4) is 5.88 Å². The number of fused-ring (bicyclic) bond motifs is 1. The molecule has 114 valence electrons. The summed E-state index contributed by atoms with van der Waals surface area (Å²) in [5, 5.41) is -0.131. The van der Waals surface area contributed by atoms with Crippen molar-refractivity contribution in [2.45, 2.75) is 45.5 Å². The van der Waals surface area contributed by atoms with Crippen LogP contribution in [0.15, 0.2) is 12.1 Å². The number of nitrogens with zero attached hydrogens (tertiary/aromatic N) is 3. The number of hydrogen-bond acceptors (Lipinski definition) is 3. The number of aromatic nitrogens is 3. The van der Waals surface area contributed by atoms with Gasteiger partial charge in [0.25, 0.3) is 0 Å². The van der Waals surface area contributed by atoms with Crippen LogP contribution in [-0.4, -0.2) is 21.6 Å². The maximum Gasteiger partial charge on any atom is 0.215 e. The van der Waals surface area contributed by atoms with E-state index in [1.54, 1.807) is 7.11 Å². The van der Waals surface area contributed by atoms with Gasteiger partial charge in [0.05, 0.1) is 12.5 Å². The van der Waals surface area contributed by atoms with E-state index in [2.05, 4.69) is 28.4 Å². The quantitative estimate of drug-likeness (QED) is 0.778. The van der Waals surface area contributed by atoms with Crippen molar-refractivity contribution in [2.75, 3.05) is 7.11 Å². The molecule has 21 heavy (non-hydrogen) atoms. The van der Waals surface area contributed by atoms with Gasteiger partial charge in [-0.25, -0.2) is 4.98 Å². The molecule has 2 aromatic rings. The Labute approximate surface area is 130 Å². The number of rotatable bonds is 5. The number of pyridine rings is 1. The summed E-state index contributed by atoms with van der Waals surface area (Å²) in [6.07, 6.45) is 2.54. The van der Waals surface area contributed by atoms with Crippen LogP contribution in [0.2, 0.25) is 0 Å². The molecule has 4 nitrogen and oxygen atoms in total. The summed E-state index contributed by atoms with van der Waals surface area (Å²) in [5.74, 6) is 2.17. The molecule has 2 aromatic heterocycles. The Hall–Kier alpha value is -1.29. The van der Waals surface area contributed by atoms with Crippen LogP contribution in [-0.2, 0) is 6.54 Å². The molecule has 1 aliphatic rings. The minimum absolute atomic E-state index is 0.131. The maximum absolute atomic E-state index is 6.34. The molecule has 1 fully saturated rings. The van der Waals surface area contributed by atoms with Crippen LogP contribution in [0.1, 0.15) is 44.8 Å². The first-order chi connectivity index (χ1) is 9.97. The van der Waals surface area contributed by atoms with E-state index in [9.17, 15) is 0 Å². The molecule has 2 heterocycles. The molecular formula is C16H22ClN3O. The van der Waals surface area contributed by atoms with Crippen molar-refractivity contribution in [3.63, 3.8) is 0 Å². The van der Waals surface area contributed by atoms with Crippen molar-refractivity contribution < 1.29 is 4.74 Å². The Balaban J connectivity index is 2.11. The maximum atomic E-state index is 6.34. The van der Waals surface area contributed by atoms with Crippen LogP contribution in [0.4, 0.5) is 0 Å². The van der Waals surface area contributed by atoms with Gasteiger partial charge in [0.1, 0.15) is 11.3 Å². The summed E-state index contributed by atoms with van der Waals surface area (Å²) in [6.45, 7) is 7.49. The molecule has 0 radical (unpaired) electrons. The first-order valence-corrected chi connectivity index (χ1v) is 7.96. The Kier molecular flexibility index (Phi) is 3.60. The number of methoxy groups -OCH3 is 1. The van der Waals surface area contributed by atoms with Crippen molar-refractivity contribution in [3.05, 3.63) is 18.0 Å². The number of halogens is 1. The van der Waals surface area contributed by atoms with Crippen LogP contribution in [0.25, 0.3) is 11.2 Å². The van der Waals surface area contributed by atoms with Gasteiger partial charge in [-0.15, -0.1) is 11.6 Å². The Morgan fingerprint density at radius 3 is 2.52 bits per heavy atom. The molecule has 0 aromatic carbocycles. The van der Waals surface area contributed by atoms with Crippen LogP contribution < -0.4 is 4.74 Å². The summed E-state index contributed by atoms with van der Waals surface area (Å²) >= 11 is 6.34. The lowest BCUT2D eigenvalue weighted by Gasteiger charge is -2.22. The molecule has 0 aliphatic heterocycles. The molecule has 1 aliphatic carbocycles. The van der Waals surface area contributed by atoms with Gasteiger partial charge in [-0.05, 0) is 37.2 Å². The van der Waals surface area contributed by atoms with Gasteiger partial charge in [-0.2, -0.15) is 4.98 Å². The summed E-state index contributed by atoms with van der Waals surface area (Å²) in [6, 6.07) is 3.80. The van der Waals surface area contributed by atoms with E-state index in [1.165, 1.54) is 12.8 Å². The predicted molar refractivity (Wildman–Crippen MR) is 84.9 cm³/mol. The molecule has 0 amide bonds. The third kappa shape index (κ3) is 2.50. The van der Waals surface area contributed by atoms with Gasteiger partial charge in [0, 0.05) is 12.6 Å². The van der Waals surface area contributed by atoms with Crippen LogP contribution in [0, 0.1) is 11.3 Å². The van der Waals surface area contributed by atoms with Crippen molar-refractivity contribution >= 4 is 22.8 Å². The highest BCUT2D eigenvalue weighted by Gasteiger charge is 2.46. The molecule has 5 heteroatoms. The smallest absolute Gasteiger partial charge is 0.215 e. The lowest BCUT2D eigenvalue weighted by atomic mass is 9.92. The van der Waals surface area contributed by atoms with E-state index in [0.29, 0.717) is 17.2 Å². The zero-order chi connectivity index (χ0) is 15.2. The summed E-state index contributed by atoms with van der Waals surface area (Å²) in [5.41, 5.74) is 2.14. The van der Waals surface area contributed by atoms with Crippen LogP contribution in [0.5, 0.6) is 5.88 Å². The fourth-order valence-electron chi connectivity index (χ4n) is 2.97. The molecule has 0 saturated heterocycles. The third-order valence-corrected chi connectivity index (χ3v) is 4.95. The van der Waals surface area contributed by atoms with Gasteiger partial charge in [0.15, 0.2) is 5.65 Å². The highest BCUT2D eigenvalue weighted by Crippen LogP contribution is 2.53. The van der Waals surface area contributed by atoms with E-state index in [1.807, 2.05) is 19.1 Å². The molecular weight excluding hydrogens is 286 g/mol. The van der Waals surface area contributed by atoms with E-state index in [-0.39, 0.29) is 5.38 Å². The molecule has 3 rings (SSSR count). The lowest BCUT2D eigenvalue weighted by Crippen LogP contribution is -2.19. The second kappa shape index (κ2) is 5.16. The van der Waals surface area contributed by atoms with E-state index in [4.69, 9.17) is 16.3 Å². The molecule has 0 N–H and O–H groups in total. The topological polar surface area (TPSA) is 39.9 Å². The van der Waals surface area contributed by atoms with Crippen molar-refractivity contribution in [1.82, 2.24) is 14.5 Å². The first kappa shape index (κ1) is 14.6. The lowest BCUT2D eigenvalue weighted by molar-refractivity contribution is 0.307. The minimum atomic E-state index is -0.131. The van der Waals surface area contributed by atoms with Crippen LogP contribution >= 0.6 is 11.6 Å². The van der Waals surface area contributed by atoms with E-state index in [0.717, 1.165) is 23.5 Å². The van der Waals surface area contributed by atoms with Crippen molar-refractivity contribution in [1.29, 1.82) is 0 Å². The Morgan fingerprint density at radius 2 is 2.00 bits per heavy atom. The summed E-state index contributed by atoms with van der Waals surface area (Å²) in [4.78, 5) is 9.26. The minimum Gasteiger partial charge on any atom is -0.481 e. The zero-order valence-corrected chi connectivity index (χ0v) is 13.8. The van der Waals surface area contributed by atoms with Gasteiger partial charge >= 0.3 is 0 Å². The number of alkyl halides is 1. The van der Waals surface area contributed by atoms with Crippen LogP contribution in [0.3, 0.4) is 0 Å². The molecule has 1 unspecified atom stereocenters. The molecule has 0 bridgehead atoms. The van der Waals surface area contributed by atoms with E-state index < -0.39 is 0 Å². The Morgan fingerprint density at radius 1 is 1.29 bits per heavy atom.